The van der Waals surface area contributed by atoms with Gasteiger partial charge < -0.3 is 15.9 Å². The quantitative estimate of drug-likeness (QED) is 0.747. The van der Waals surface area contributed by atoms with Crippen LogP contribution in [0.5, 0.6) is 0 Å². The second-order valence-corrected chi connectivity index (χ2v) is 6.38. The number of benzene rings is 1. The maximum atomic E-state index is 11.7. The number of carboxylic acid groups (broad SMARTS) is 2. The van der Waals surface area contributed by atoms with Crippen molar-refractivity contribution in [2.45, 2.75) is 39.2 Å². The smallest absolute Gasteiger partial charge is 0.320 e. The molecule has 2 unspecified atom stereocenters. The summed E-state index contributed by atoms with van der Waals surface area (Å²) in [6.07, 6.45) is -0.0957. The summed E-state index contributed by atoms with van der Waals surface area (Å²) in [6.45, 7) is 5.85. The van der Waals surface area contributed by atoms with Gasteiger partial charge in [0.25, 0.3) is 0 Å². The number of rotatable bonds is 6. The van der Waals surface area contributed by atoms with Crippen molar-refractivity contribution in [1.29, 1.82) is 0 Å². The molecule has 0 bridgehead atoms. The van der Waals surface area contributed by atoms with Gasteiger partial charge in [-0.2, -0.15) is 0 Å². The van der Waals surface area contributed by atoms with Gasteiger partial charge in [-0.15, -0.1) is 0 Å². The molecule has 0 saturated heterocycles. The predicted octanol–water partition coefficient (Wildman–Crippen LogP) is 2.32. The molecule has 116 valence electrons. The van der Waals surface area contributed by atoms with Crippen molar-refractivity contribution < 1.29 is 19.8 Å². The van der Waals surface area contributed by atoms with E-state index in [0.29, 0.717) is 0 Å². The Morgan fingerprint density at radius 1 is 1.10 bits per heavy atom. The molecule has 0 saturated carbocycles. The van der Waals surface area contributed by atoms with E-state index in [1.54, 1.807) is 0 Å². The van der Waals surface area contributed by atoms with Gasteiger partial charge >= 0.3 is 11.9 Å². The summed E-state index contributed by atoms with van der Waals surface area (Å²) in [6, 6.07) is 8.13. The summed E-state index contributed by atoms with van der Waals surface area (Å²) in [7, 11) is 0. The van der Waals surface area contributed by atoms with Crippen LogP contribution in [0, 0.1) is 11.3 Å². The highest BCUT2D eigenvalue weighted by atomic mass is 16.4. The van der Waals surface area contributed by atoms with Crippen LogP contribution in [0.2, 0.25) is 0 Å². The number of hydrogen-bond donors (Lipinski definition) is 3. The van der Waals surface area contributed by atoms with Gasteiger partial charge in [-0.25, -0.2) is 0 Å². The molecule has 1 aromatic rings. The van der Waals surface area contributed by atoms with E-state index < -0.39 is 23.9 Å². The summed E-state index contributed by atoms with van der Waals surface area (Å²) < 4.78 is 0. The fraction of sp³-hybridized carbons (Fsp3) is 0.500. The summed E-state index contributed by atoms with van der Waals surface area (Å²) in [4.78, 5) is 22.6. The van der Waals surface area contributed by atoms with Gasteiger partial charge in [0.05, 0.1) is 5.92 Å². The van der Waals surface area contributed by atoms with Crippen molar-refractivity contribution >= 4 is 11.9 Å². The number of nitrogens with two attached hydrogens (primary N) is 1. The molecule has 0 aliphatic heterocycles. The van der Waals surface area contributed by atoms with Gasteiger partial charge in [0.15, 0.2) is 0 Å². The van der Waals surface area contributed by atoms with Gasteiger partial charge in [0.1, 0.15) is 6.04 Å². The molecule has 0 aliphatic rings. The van der Waals surface area contributed by atoms with Crippen LogP contribution in [0.1, 0.15) is 38.7 Å². The first-order chi connectivity index (χ1) is 9.64. The number of carbonyl (C=O) groups is 2. The minimum atomic E-state index is -1.18. The van der Waals surface area contributed by atoms with E-state index in [0.717, 1.165) is 5.56 Å². The van der Waals surface area contributed by atoms with E-state index in [1.807, 2.05) is 51.1 Å². The molecule has 0 radical (unpaired) electrons. The Hall–Kier alpha value is -1.88. The van der Waals surface area contributed by atoms with Gasteiger partial charge in [-0.1, -0.05) is 51.1 Å². The lowest BCUT2D eigenvalue weighted by Crippen LogP contribution is -2.39. The van der Waals surface area contributed by atoms with E-state index in [1.165, 1.54) is 0 Å². The minimum Gasteiger partial charge on any atom is -0.481 e. The second-order valence-electron chi connectivity index (χ2n) is 6.38. The van der Waals surface area contributed by atoms with E-state index in [9.17, 15) is 14.7 Å². The highest BCUT2D eigenvalue weighted by Crippen LogP contribution is 2.42. The zero-order valence-electron chi connectivity index (χ0n) is 12.6. The Bertz CT molecular complexity index is 493. The fourth-order valence-electron chi connectivity index (χ4n) is 2.75. The van der Waals surface area contributed by atoms with Crippen molar-refractivity contribution in [3.8, 4) is 0 Å². The molecule has 0 amide bonds. The number of hydrogen-bond acceptors (Lipinski definition) is 3. The second kappa shape index (κ2) is 6.72. The highest BCUT2D eigenvalue weighted by Gasteiger charge is 2.39. The largest absolute Gasteiger partial charge is 0.481 e. The normalized spacial score (nSPS) is 16.0. The first kappa shape index (κ1) is 17.2. The summed E-state index contributed by atoms with van der Waals surface area (Å²) in [5.41, 5.74) is 6.10. The van der Waals surface area contributed by atoms with E-state index >= 15 is 0 Å². The first-order valence-corrected chi connectivity index (χ1v) is 6.90. The molecular weight excluding hydrogens is 270 g/mol. The number of aliphatic carboxylic acids is 2. The van der Waals surface area contributed by atoms with Gasteiger partial charge in [-0.3, -0.25) is 9.59 Å². The Kier molecular flexibility index (Phi) is 5.49. The molecular formula is C16H23NO4. The van der Waals surface area contributed by atoms with E-state index in [-0.39, 0.29) is 17.8 Å². The third-order valence-electron chi connectivity index (χ3n) is 3.64. The van der Waals surface area contributed by atoms with Crippen LogP contribution in [0.4, 0.5) is 0 Å². The van der Waals surface area contributed by atoms with Crippen LogP contribution in [0.15, 0.2) is 30.3 Å². The molecule has 0 spiro atoms. The van der Waals surface area contributed by atoms with Crippen LogP contribution < -0.4 is 5.73 Å². The highest BCUT2D eigenvalue weighted by molar-refractivity contribution is 5.76. The predicted molar refractivity (Wildman–Crippen MR) is 80.0 cm³/mol. The van der Waals surface area contributed by atoms with Crippen molar-refractivity contribution in [2.75, 3.05) is 0 Å². The Morgan fingerprint density at radius 3 is 2.00 bits per heavy atom. The SMILES string of the molecule is CC(C)(C)C(c1ccccc1)C(C[C@H](N)C(=O)O)C(=O)O. The summed E-state index contributed by atoms with van der Waals surface area (Å²) in [5, 5.41) is 18.5. The number of carboxylic acids is 2. The standard InChI is InChI=1S/C16H23NO4/c1-16(2,3)13(10-7-5-4-6-8-10)11(14(18)19)9-12(17)15(20)21/h4-8,11-13H,9,17H2,1-3H3,(H,18,19)(H,20,21)/t11?,12-,13?/m0/s1. The Balaban J connectivity index is 3.20. The molecule has 1 rings (SSSR count). The molecule has 0 aliphatic carbocycles. The van der Waals surface area contributed by atoms with E-state index in [4.69, 9.17) is 10.8 Å². The first-order valence-electron chi connectivity index (χ1n) is 6.90. The van der Waals surface area contributed by atoms with Gasteiger partial charge in [0.2, 0.25) is 0 Å². The van der Waals surface area contributed by atoms with Crippen LogP contribution in [-0.2, 0) is 9.59 Å². The molecule has 1 aromatic carbocycles. The van der Waals surface area contributed by atoms with Crippen molar-refractivity contribution in [3.05, 3.63) is 35.9 Å². The third-order valence-corrected chi connectivity index (χ3v) is 3.64. The van der Waals surface area contributed by atoms with Gasteiger partial charge in [-0.05, 0) is 17.4 Å². The lowest BCUT2D eigenvalue weighted by atomic mass is 9.68. The topological polar surface area (TPSA) is 101 Å². The molecule has 0 heterocycles. The average molecular weight is 293 g/mol. The van der Waals surface area contributed by atoms with Crippen molar-refractivity contribution in [1.82, 2.24) is 0 Å². The van der Waals surface area contributed by atoms with Crippen molar-refractivity contribution in [2.24, 2.45) is 17.1 Å². The maximum absolute atomic E-state index is 11.7. The molecule has 21 heavy (non-hydrogen) atoms. The fourth-order valence-corrected chi connectivity index (χ4v) is 2.75. The zero-order valence-corrected chi connectivity index (χ0v) is 12.6. The van der Waals surface area contributed by atoms with E-state index in [2.05, 4.69) is 0 Å². The minimum absolute atomic E-state index is 0.0957. The molecule has 5 heteroatoms. The zero-order chi connectivity index (χ0) is 16.2. The third kappa shape index (κ3) is 4.56. The molecule has 4 N–H and O–H groups in total. The Labute approximate surface area is 124 Å². The average Bonchev–Trinajstić information content (AvgIpc) is 2.37. The van der Waals surface area contributed by atoms with Crippen LogP contribution >= 0.6 is 0 Å². The molecule has 0 fully saturated rings. The van der Waals surface area contributed by atoms with Crippen molar-refractivity contribution in [3.63, 3.8) is 0 Å². The van der Waals surface area contributed by atoms with Gasteiger partial charge in [0, 0.05) is 5.92 Å². The molecule has 0 aromatic heterocycles. The van der Waals surface area contributed by atoms with Crippen LogP contribution in [-0.4, -0.2) is 28.2 Å². The van der Waals surface area contributed by atoms with Crippen LogP contribution in [0.3, 0.4) is 0 Å². The molecule has 5 nitrogen and oxygen atoms in total. The van der Waals surface area contributed by atoms with Crippen LogP contribution in [0.25, 0.3) is 0 Å². The monoisotopic (exact) mass is 293 g/mol. The maximum Gasteiger partial charge on any atom is 0.320 e. The Morgan fingerprint density at radius 2 is 1.62 bits per heavy atom. The molecule has 3 atom stereocenters. The lowest BCUT2D eigenvalue weighted by Gasteiger charge is -2.36. The lowest BCUT2D eigenvalue weighted by molar-refractivity contribution is -0.145. The summed E-state index contributed by atoms with van der Waals surface area (Å²) in [5.74, 6) is -3.36. The summed E-state index contributed by atoms with van der Waals surface area (Å²) >= 11 is 0.